The average Bonchev–Trinajstić information content (AvgIpc) is 3.73. The Kier molecular flexibility index (Phi) is 5.39. The van der Waals surface area contributed by atoms with Gasteiger partial charge in [0, 0.05) is 41.6 Å². The van der Waals surface area contributed by atoms with E-state index in [1.807, 2.05) is 42.7 Å². The van der Waals surface area contributed by atoms with Crippen molar-refractivity contribution < 1.29 is 0 Å². The molecular formula is C29H25N9. The third kappa shape index (κ3) is 3.98. The molecular weight excluding hydrogens is 474 g/mol. The van der Waals surface area contributed by atoms with E-state index in [1.165, 1.54) is 25.7 Å². The summed E-state index contributed by atoms with van der Waals surface area (Å²) < 4.78 is 0. The quantitative estimate of drug-likeness (QED) is 0.252. The van der Waals surface area contributed by atoms with Crippen molar-refractivity contribution in [2.75, 3.05) is 5.32 Å². The van der Waals surface area contributed by atoms with Crippen LogP contribution in [0.1, 0.15) is 25.7 Å². The maximum atomic E-state index is 4.96. The fraction of sp³-hybridized carbons (Fsp3) is 0.172. The Bertz CT molecular complexity index is 1780. The number of allylic oxidation sites excluding steroid dienone is 1. The van der Waals surface area contributed by atoms with Gasteiger partial charge in [0.1, 0.15) is 5.52 Å². The monoisotopic (exact) mass is 499 g/mol. The largest absolute Gasteiger partial charge is 0.358 e. The normalized spacial score (nSPS) is 13.9. The standard InChI is InChI=1S/C29H25N9/c1-17(18-4-2-3-5-18)33-21-14-20(15-31-16-21)23-6-7-24-26(34-23)27(38-37-24)29-35-25-22(10-13-32-28(25)36-29)19-8-11-30-12-9-19/h6-16,18,33H,1-5H2,(H,37,38)(H,32,35,36). The van der Waals surface area contributed by atoms with E-state index in [0.717, 1.165) is 50.3 Å². The zero-order valence-electron chi connectivity index (χ0n) is 20.6. The first-order chi connectivity index (χ1) is 18.7. The molecule has 38 heavy (non-hydrogen) atoms. The number of H-pyrrole nitrogens is 2. The van der Waals surface area contributed by atoms with Crippen molar-refractivity contribution in [1.82, 2.24) is 40.1 Å². The van der Waals surface area contributed by atoms with Crippen molar-refractivity contribution in [2.24, 2.45) is 5.92 Å². The lowest BCUT2D eigenvalue weighted by molar-refractivity contribution is 0.649. The van der Waals surface area contributed by atoms with Crippen molar-refractivity contribution in [3.63, 3.8) is 0 Å². The number of rotatable bonds is 6. The van der Waals surface area contributed by atoms with Gasteiger partial charge < -0.3 is 10.3 Å². The van der Waals surface area contributed by atoms with Gasteiger partial charge in [-0.2, -0.15) is 5.10 Å². The SMILES string of the molecule is C=C(Nc1cncc(-c2ccc3[nH]nc(-c4nc5nccc(-c6ccncc6)c5[nH]4)c3n2)c1)C1CCCC1. The highest BCUT2D eigenvalue weighted by atomic mass is 15.2. The number of anilines is 1. The third-order valence-corrected chi connectivity index (χ3v) is 7.20. The number of fused-ring (bicyclic) bond motifs is 2. The topological polar surface area (TPSA) is 121 Å². The maximum absolute atomic E-state index is 4.96. The van der Waals surface area contributed by atoms with E-state index < -0.39 is 0 Å². The molecule has 9 nitrogen and oxygen atoms in total. The number of imidazole rings is 1. The third-order valence-electron chi connectivity index (χ3n) is 7.20. The number of aromatic amines is 2. The summed E-state index contributed by atoms with van der Waals surface area (Å²) in [5.74, 6) is 1.13. The number of nitrogens with zero attached hydrogens (tertiary/aromatic N) is 6. The summed E-state index contributed by atoms with van der Waals surface area (Å²) in [5.41, 5.74) is 9.36. The first-order valence-corrected chi connectivity index (χ1v) is 12.7. The van der Waals surface area contributed by atoms with E-state index in [-0.39, 0.29) is 0 Å². The van der Waals surface area contributed by atoms with Crippen LogP contribution < -0.4 is 5.32 Å². The molecule has 1 aliphatic rings. The van der Waals surface area contributed by atoms with Gasteiger partial charge in [0.2, 0.25) is 0 Å². The van der Waals surface area contributed by atoms with E-state index in [0.29, 0.717) is 23.1 Å². The molecule has 0 bridgehead atoms. The fourth-order valence-corrected chi connectivity index (χ4v) is 5.23. The lowest BCUT2D eigenvalue weighted by Crippen LogP contribution is -2.07. The molecule has 0 aliphatic heterocycles. The van der Waals surface area contributed by atoms with Gasteiger partial charge in [0.25, 0.3) is 0 Å². The molecule has 0 amide bonds. The lowest BCUT2D eigenvalue weighted by atomic mass is 10.0. The molecule has 1 saturated carbocycles. The molecule has 1 fully saturated rings. The number of hydrogen-bond acceptors (Lipinski definition) is 7. The van der Waals surface area contributed by atoms with Gasteiger partial charge >= 0.3 is 0 Å². The predicted octanol–water partition coefficient (Wildman–Crippen LogP) is 6.14. The number of pyridine rings is 4. The second kappa shape index (κ2) is 9.19. The number of aromatic nitrogens is 8. The van der Waals surface area contributed by atoms with Crippen LogP contribution in [0.4, 0.5) is 5.69 Å². The Morgan fingerprint density at radius 1 is 0.921 bits per heavy atom. The zero-order chi connectivity index (χ0) is 25.5. The van der Waals surface area contributed by atoms with Gasteiger partial charge in [0.05, 0.1) is 28.6 Å². The fourth-order valence-electron chi connectivity index (χ4n) is 5.23. The van der Waals surface area contributed by atoms with Crippen LogP contribution in [0.2, 0.25) is 0 Å². The van der Waals surface area contributed by atoms with Crippen LogP contribution in [0.3, 0.4) is 0 Å². The Morgan fingerprint density at radius 3 is 2.66 bits per heavy atom. The van der Waals surface area contributed by atoms with Crippen molar-refractivity contribution >= 4 is 27.9 Å². The molecule has 0 aromatic carbocycles. The molecule has 0 saturated heterocycles. The van der Waals surface area contributed by atoms with Crippen molar-refractivity contribution in [1.29, 1.82) is 0 Å². The molecule has 7 rings (SSSR count). The van der Waals surface area contributed by atoms with Crippen LogP contribution in [0.15, 0.2) is 79.7 Å². The van der Waals surface area contributed by atoms with Gasteiger partial charge in [0.15, 0.2) is 17.2 Å². The lowest BCUT2D eigenvalue weighted by Gasteiger charge is -2.15. The first-order valence-electron chi connectivity index (χ1n) is 12.7. The second-order valence-corrected chi connectivity index (χ2v) is 9.64. The zero-order valence-corrected chi connectivity index (χ0v) is 20.6. The Hall–Kier alpha value is -4.92. The minimum atomic E-state index is 0.527. The van der Waals surface area contributed by atoms with E-state index in [1.54, 1.807) is 18.6 Å². The summed E-state index contributed by atoms with van der Waals surface area (Å²) >= 11 is 0. The minimum absolute atomic E-state index is 0.527. The summed E-state index contributed by atoms with van der Waals surface area (Å²) in [6.45, 7) is 4.27. The van der Waals surface area contributed by atoms with Crippen LogP contribution in [-0.4, -0.2) is 40.1 Å². The molecule has 0 unspecified atom stereocenters. The van der Waals surface area contributed by atoms with Crippen LogP contribution in [-0.2, 0) is 0 Å². The molecule has 6 heterocycles. The molecule has 6 aromatic rings. The summed E-state index contributed by atoms with van der Waals surface area (Å²) in [6.07, 6.45) is 13.9. The summed E-state index contributed by atoms with van der Waals surface area (Å²) in [4.78, 5) is 26.2. The van der Waals surface area contributed by atoms with Crippen molar-refractivity contribution in [2.45, 2.75) is 25.7 Å². The summed E-state index contributed by atoms with van der Waals surface area (Å²) in [6, 6.07) is 11.9. The van der Waals surface area contributed by atoms with E-state index in [2.05, 4.69) is 48.1 Å². The molecule has 1 aliphatic carbocycles. The molecule has 0 radical (unpaired) electrons. The van der Waals surface area contributed by atoms with Gasteiger partial charge in [-0.15, -0.1) is 0 Å². The second-order valence-electron chi connectivity index (χ2n) is 9.64. The molecule has 0 spiro atoms. The van der Waals surface area contributed by atoms with Gasteiger partial charge in [-0.25, -0.2) is 15.0 Å². The van der Waals surface area contributed by atoms with Crippen molar-refractivity contribution in [3.05, 3.63) is 79.7 Å². The predicted molar refractivity (Wildman–Crippen MR) is 148 cm³/mol. The molecule has 186 valence electrons. The Morgan fingerprint density at radius 2 is 1.79 bits per heavy atom. The first kappa shape index (κ1) is 22.3. The van der Waals surface area contributed by atoms with E-state index in [4.69, 9.17) is 9.97 Å². The smallest absolute Gasteiger partial charge is 0.178 e. The van der Waals surface area contributed by atoms with Gasteiger partial charge in [-0.05, 0) is 60.7 Å². The van der Waals surface area contributed by atoms with Crippen molar-refractivity contribution in [3.8, 4) is 33.9 Å². The Labute approximate surface area is 218 Å². The molecule has 9 heteroatoms. The van der Waals surface area contributed by atoms with E-state index in [9.17, 15) is 0 Å². The Balaban J connectivity index is 1.25. The van der Waals surface area contributed by atoms with Crippen LogP contribution >= 0.6 is 0 Å². The molecule has 0 atom stereocenters. The highest BCUT2D eigenvalue weighted by Gasteiger charge is 2.19. The van der Waals surface area contributed by atoms with Gasteiger partial charge in [-0.1, -0.05) is 19.4 Å². The van der Waals surface area contributed by atoms with Gasteiger partial charge in [-0.3, -0.25) is 15.1 Å². The summed E-state index contributed by atoms with van der Waals surface area (Å²) in [5, 5.41) is 11.1. The molecule has 3 N–H and O–H groups in total. The van der Waals surface area contributed by atoms with Crippen LogP contribution in [0, 0.1) is 5.92 Å². The van der Waals surface area contributed by atoms with E-state index >= 15 is 0 Å². The minimum Gasteiger partial charge on any atom is -0.358 e. The average molecular weight is 500 g/mol. The number of hydrogen-bond donors (Lipinski definition) is 3. The number of nitrogens with one attached hydrogen (secondary N) is 3. The molecule has 6 aromatic heterocycles. The van der Waals surface area contributed by atoms with Crippen LogP contribution in [0.25, 0.3) is 56.1 Å². The highest BCUT2D eigenvalue weighted by Crippen LogP contribution is 2.33. The summed E-state index contributed by atoms with van der Waals surface area (Å²) in [7, 11) is 0. The highest BCUT2D eigenvalue weighted by molar-refractivity contribution is 5.94. The van der Waals surface area contributed by atoms with Crippen LogP contribution in [0.5, 0.6) is 0 Å². The maximum Gasteiger partial charge on any atom is 0.178 e.